The SMILES string of the molecule is COC(=O)c1nnc(-c2c(F)cccc2F)cc1Nc1ccc(OC2CCSCC2)cc1. The fourth-order valence-corrected chi connectivity index (χ4v) is 4.42. The lowest BCUT2D eigenvalue weighted by molar-refractivity contribution is 0.0594. The van der Waals surface area contributed by atoms with Crippen LogP contribution in [0, 0.1) is 11.6 Å². The molecule has 1 aliphatic rings. The molecule has 0 saturated carbocycles. The second-order valence-corrected chi connectivity index (χ2v) is 8.38. The number of hydrogen-bond acceptors (Lipinski definition) is 7. The molecule has 0 atom stereocenters. The Balaban J connectivity index is 1.60. The van der Waals surface area contributed by atoms with Gasteiger partial charge >= 0.3 is 5.97 Å². The van der Waals surface area contributed by atoms with Crippen LogP contribution in [0.1, 0.15) is 23.3 Å². The van der Waals surface area contributed by atoms with Crippen LogP contribution in [-0.2, 0) is 4.74 Å². The van der Waals surface area contributed by atoms with Gasteiger partial charge in [-0.3, -0.25) is 0 Å². The average molecular weight is 458 g/mol. The van der Waals surface area contributed by atoms with Crippen molar-refractivity contribution in [3.05, 3.63) is 65.9 Å². The standard InChI is InChI=1S/C23H21F2N3O3S/c1-30-23(29)22-20(13-19(27-28-22)21-17(24)3-2-4-18(21)25)26-14-5-7-15(8-6-14)31-16-9-11-32-12-10-16/h2-8,13,16H,9-12H2,1H3,(H,26,27). The van der Waals surface area contributed by atoms with Gasteiger partial charge in [0, 0.05) is 5.69 Å². The zero-order chi connectivity index (χ0) is 22.5. The van der Waals surface area contributed by atoms with E-state index in [0.29, 0.717) is 5.69 Å². The van der Waals surface area contributed by atoms with E-state index in [1.807, 2.05) is 23.9 Å². The van der Waals surface area contributed by atoms with Crippen molar-refractivity contribution in [2.24, 2.45) is 0 Å². The quantitative estimate of drug-likeness (QED) is 0.508. The van der Waals surface area contributed by atoms with Gasteiger partial charge in [-0.2, -0.15) is 11.8 Å². The molecule has 0 amide bonds. The number of methoxy groups -OCH3 is 1. The number of thioether (sulfide) groups is 1. The lowest BCUT2D eigenvalue weighted by Gasteiger charge is -2.22. The minimum absolute atomic E-state index is 0.0501. The van der Waals surface area contributed by atoms with Crippen LogP contribution in [0.2, 0.25) is 0 Å². The van der Waals surface area contributed by atoms with Gasteiger partial charge in [0.05, 0.1) is 18.4 Å². The number of esters is 1. The largest absolute Gasteiger partial charge is 0.490 e. The molecule has 0 aliphatic carbocycles. The predicted molar refractivity (Wildman–Crippen MR) is 119 cm³/mol. The number of benzene rings is 2. The van der Waals surface area contributed by atoms with Gasteiger partial charge in [0.15, 0.2) is 5.69 Å². The summed E-state index contributed by atoms with van der Waals surface area (Å²) < 4.78 is 39.2. The Labute approximate surface area is 188 Å². The first-order chi connectivity index (χ1) is 15.5. The van der Waals surface area contributed by atoms with Gasteiger partial charge in [0.2, 0.25) is 0 Å². The van der Waals surface area contributed by atoms with Crippen molar-refractivity contribution in [2.75, 3.05) is 23.9 Å². The molecule has 166 valence electrons. The molecule has 0 radical (unpaired) electrons. The number of hydrogen-bond donors (Lipinski definition) is 1. The van der Waals surface area contributed by atoms with E-state index < -0.39 is 17.6 Å². The molecule has 4 rings (SSSR count). The molecule has 32 heavy (non-hydrogen) atoms. The van der Waals surface area contributed by atoms with Gasteiger partial charge in [-0.05, 0) is 66.8 Å². The van der Waals surface area contributed by atoms with Crippen LogP contribution in [0.25, 0.3) is 11.3 Å². The summed E-state index contributed by atoms with van der Waals surface area (Å²) in [7, 11) is 1.22. The van der Waals surface area contributed by atoms with E-state index in [-0.39, 0.29) is 28.7 Å². The topological polar surface area (TPSA) is 73.3 Å². The molecule has 2 heterocycles. The zero-order valence-electron chi connectivity index (χ0n) is 17.3. The Morgan fingerprint density at radius 3 is 2.41 bits per heavy atom. The molecule has 6 nitrogen and oxygen atoms in total. The number of aromatic nitrogens is 2. The Bertz CT molecular complexity index is 1090. The molecule has 1 saturated heterocycles. The Hall–Kier alpha value is -3.20. The summed E-state index contributed by atoms with van der Waals surface area (Å²) in [6, 6.07) is 12.1. The normalized spacial score (nSPS) is 14.1. The van der Waals surface area contributed by atoms with Crippen molar-refractivity contribution in [3.63, 3.8) is 0 Å². The van der Waals surface area contributed by atoms with Crippen LogP contribution in [0.15, 0.2) is 48.5 Å². The highest BCUT2D eigenvalue weighted by Gasteiger charge is 2.20. The van der Waals surface area contributed by atoms with Crippen molar-refractivity contribution >= 4 is 29.1 Å². The first-order valence-electron chi connectivity index (χ1n) is 10.1. The van der Waals surface area contributed by atoms with Crippen LogP contribution < -0.4 is 10.1 Å². The van der Waals surface area contributed by atoms with Crippen molar-refractivity contribution in [1.82, 2.24) is 10.2 Å². The zero-order valence-corrected chi connectivity index (χ0v) is 18.1. The second-order valence-electron chi connectivity index (χ2n) is 7.16. The van der Waals surface area contributed by atoms with Gasteiger partial charge in [0.25, 0.3) is 0 Å². The van der Waals surface area contributed by atoms with Crippen molar-refractivity contribution in [3.8, 4) is 17.0 Å². The summed E-state index contributed by atoms with van der Waals surface area (Å²) in [6.07, 6.45) is 2.25. The van der Waals surface area contributed by atoms with E-state index in [1.54, 1.807) is 12.1 Å². The molecule has 1 aromatic heterocycles. The minimum atomic E-state index is -0.779. The van der Waals surface area contributed by atoms with E-state index in [2.05, 4.69) is 15.5 Å². The summed E-state index contributed by atoms with van der Waals surface area (Å²) in [4.78, 5) is 12.1. The molecule has 2 aromatic carbocycles. The van der Waals surface area contributed by atoms with Gasteiger partial charge < -0.3 is 14.8 Å². The summed E-state index contributed by atoms with van der Waals surface area (Å²) in [5.41, 5.74) is 0.366. The van der Waals surface area contributed by atoms with Gasteiger partial charge in [-0.25, -0.2) is 13.6 Å². The Kier molecular flexibility index (Phi) is 6.84. The molecule has 1 fully saturated rings. The van der Waals surface area contributed by atoms with Gasteiger partial charge in [-0.1, -0.05) is 6.07 Å². The van der Waals surface area contributed by atoms with Gasteiger partial charge in [-0.15, -0.1) is 10.2 Å². The predicted octanol–water partition coefficient (Wildman–Crippen LogP) is 5.23. The fourth-order valence-electron chi connectivity index (χ4n) is 3.36. The number of halogens is 2. The summed E-state index contributed by atoms with van der Waals surface area (Å²) in [5, 5.41) is 10.7. The Morgan fingerprint density at radius 1 is 1.06 bits per heavy atom. The highest BCUT2D eigenvalue weighted by atomic mass is 32.2. The smallest absolute Gasteiger partial charge is 0.360 e. The number of carbonyl (C=O) groups excluding carboxylic acids is 1. The van der Waals surface area contributed by atoms with Crippen LogP contribution in [-0.4, -0.2) is 40.9 Å². The third kappa shape index (κ3) is 4.99. The molecule has 9 heteroatoms. The van der Waals surface area contributed by atoms with Crippen LogP contribution in [0.5, 0.6) is 5.75 Å². The lowest BCUT2D eigenvalue weighted by Crippen LogP contribution is -2.21. The van der Waals surface area contributed by atoms with E-state index >= 15 is 0 Å². The Morgan fingerprint density at radius 2 is 1.75 bits per heavy atom. The van der Waals surface area contributed by atoms with Crippen molar-refractivity contribution in [2.45, 2.75) is 18.9 Å². The number of anilines is 2. The summed E-state index contributed by atoms with van der Waals surface area (Å²) in [5.74, 6) is 0.664. The molecule has 0 unspecified atom stereocenters. The fraction of sp³-hybridized carbons (Fsp3) is 0.261. The van der Waals surface area contributed by atoms with E-state index in [0.717, 1.165) is 42.2 Å². The second kappa shape index (κ2) is 9.95. The molecular weight excluding hydrogens is 436 g/mol. The third-order valence-corrected chi connectivity index (χ3v) is 6.04. The third-order valence-electron chi connectivity index (χ3n) is 5.00. The molecule has 0 bridgehead atoms. The first kappa shape index (κ1) is 22.0. The molecule has 0 spiro atoms. The highest BCUT2D eigenvalue weighted by Crippen LogP contribution is 2.30. The maximum Gasteiger partial charge on any atom is 0.360 e. The molecular formula is C23H21F2N3O3S. The lowest BCUT2D eigenvalue weighted by atomic mass is 10.1. The number of nitrogens with one attached hydrogen (secondary N) is 1. The summed E-state index contributed by atoms with van der Waals surface area (Å²) in [6.45, 7) is 0. The monoisotopic (exact) mass is 457 g/mol. The number of nitrogens with zero attached hydrogens (tertiary/aromatic N) is 2. The van der Waals surface area contributed by atoms with Crippen LogP contribution >= 0.6 is 11.8 Å². The van der Waals surface area contributed by atoms with E-state index in [4.69, 9.17) is 9.47 Å². The van der Waals surface area contributed by atoms with E-state index in [9.17, 15) is 13.6 Å². The summed E-state index contributed by atoms with van der Waals surface area (Å²) >= 11 is 1.93. The van der Waals surface area contributed by atoms with Gasteiger partial charge in [0.1, 0.15) is 29.2 Å². The molecule has 1 N–H and O–H groups in total. The minimum Gasteiger partial charge on any atom is -0.490 e. The van der Waals surface area contributed by atoms with Crippen LogP contribution in [0.4, 0.5) is 20.2 Å². The highest BCUT2D eigenvalue weighted by molar-refractivity contribution is 7.99. The number of carbonyl (C=O) groups is 1. The maximum atomic E-state index is 14.2. The van der Waals surface area contributed by atoms with Crippen molar-refractivity contribution < 1.29 is 23.0 Å². The molecule has 1 aliphatic heterocycles. The number of ether oxygens (including phenoxy) is 2. The molecule has 3 aromatic rings. The maximum absolute atomic E-state index is 14.2. The van der Waals surface area contributed by atoms with Crippen molar-refractivity contribution in [1.29, 1.82) is 0 Å². The number of rotatable bonds is 6. The van der Waals surface area contributed by atoms with E-state index in [1.165, 1.54) is 19.2 Å². The van der Waals surface area contributed by atoms with Crippen LogP contribution in [0.3, 0.4) is 0 Å². The average Bonchev–Trinajstić information content (AvgIpc) is 2.81. The first-order valence-corrected chi connectivity index (χ1v) is 11.2.